The summed E-state index contributed by atoms with van der Waals surface area (Å²) in [6.07, 6.45) is 0. The Labute approximate surface area is 146 Å². The fourth-order valence-corrected chi connectivity index (χ4v) is 6.57. The summed E-state index contributed by atoms with van der Waals surface area (Å²) in [5, 5.41) is 3.20. The van der Waals surface area contributed by atoms with Crippen LogP contribution in [0.1, 0.15) is 25.0 Å². The molecule has 0 bridgehead atoms. The molecule has 2 aromatic carbocycles. The van der Waals surface area contributed by atoms with Gasteiger partial charge in [0, 0.05) is 0 Å². The van der Waals surface area contributed by atoms with Gasteiger partial charge in [-0.25, -0.2) is 0 Å². The standard InChI is InChI=1S/C19H20NO4P/c1-19(2)18(21)24-25(3,20-19)22-16(14-10-6-4-7-11-14)17(23-25)15-12-8-5-9-13-15/h4-13,20H,1-3H3. The van der Waals surface area contributed by atoms with Crippen molar-refractivity contribution >= 4 is 24.9 Å². The third-order valence-electron chi connectivity index (χ3n) is 4.22. The molecule has 1 spiro atoms. The molecule has 2 aliphatic rings. The molecular formula is C19H20NO4P. The molecule has 0 aromatic heterocycles. The third-order valence-corrected chi connectivity index (χ3v) is 7.07. The summed E-state index contributed by atoms with van der Waals surface area (Å²) in [7, 11) is -3.83. The first-order valence-corrected chi connectivity index (χ1v) is 10.5. The summed E-state index contributed by atoms with van der Waals surface area (Å²) in [5.41, 5.74) is 0.861. The van der Waals surface area contributed by atoms with Gasteiger partial charge in [-0.05, 0) is 0 Å². The van der Waals surface area contributed by atoms with Gasteiger partial charge < -0.3 is 0 Å². The van der Waals surface area contributed by atoms with Crippen LogP contribution in [0.2, 0.25) is 0 Å². The number of benzene rings is 2. The molecule has 0 atom stereocenters. The summed E-state index contributed by atoms with van der Waals surface area (Å²) in [4.78, 5) is 12.3. The van der Waals surface area contributed by atoms with Crippen molar-refractivity contribution in [1.82, 2.24) is 5.09 Å². The third kappa shape index (κ3) is 2.60. The average molecular weight is 357 g/mol. The quantitative estimate of drug-likeness (QED) is 0.811. The van der Waals surface area contributed by atoms with Crippen molar-refractivity contribution < 1.29 is 18.4 Å². The molecule has 0 saturated carbocycles. The van der Waals surface area contributed by atoms with E-state index >= 15 is 0 Å². The van der Waals surface area contributed by atoms with E-state index in [1.807, 2.05) is 60.7 Å². The number of carbonyl (C=O) groups is 1. The van der Waals surface area contributed by atoms with E-state index in [-0.39, 0.29) is 5.97 Å². The van der Waals surface area contributed by atoms with E-state index < -0.39 is 13.0 Å². The summed E-state index contributed by atoms with van der Waals surface area (Å²) in [5.74, 6) is 0.768. The Bertz CT molecular complexity index is 825. The van der Waals surface area contributed by atoms with E-state index in [4.69, 9.17) is 13.6 Å². The van der Waals surface area contributed by atoms with E-state index in [0.717, 1.165) is 11.1 Å². The van der Waals surface area contributed by atoms with Crippen molar-refractivity contribution in [1.29, 1.82) is 0 Å². The second-order valence-corrected chi connectivity index (χ2v) is 10.3. The van der Waals surface area contributed by atoms with Crippen molar-refractivity contribution in [2.45, 2.75) is 19.4 Å². The molecule has 4 rings (SSSR count). The molecule has 6 heteroatoms. The predicted octanol–water partition coefficient (Wildman–Crippen LogP) is 4.33. The molecule has 1 saturated heterocycles. The van der Waals surface area contributed by atoms with Gasteiger partial charge in [0.25, 0.3) is 0 Å². The fraction of sp³-hybridized carbons (Fsp3) is 0.211. The van der Waals surface area contributed by atoms with Gasteiger partial charge in [0.2, 0.25) is 0 Å². The van der Waals surface area contributed by atoms with Crippen LogP contribution in [-0.2, 0) is 18.4 Å². The maximum absolute atomic E-state index is 12.3. The van der Waals surface area contributed by atoms with Gasteiger partial charge in [0.05, 0.1) is 0 Å². The van der Waals surface area contributed by atoms with Gasteiger partial charge in [-0.2, -0.15) is 0 Å². The molecule has 25 heavy (non-hydrogen) atoms. The summed E-state index contributed by atoms with van der Waals surface area (Å²) in [6.45, 7) is 5.24. The molecule has 5 nitrogen and oxygen atoms in total. The van der Waals surface area contributed by atoms with E-state index in [0.29, 0.717) is 11.5 Å². The zero-order valence-corrected chi connectivity index (χ0v) is 15.2. The monoisotopic (exact) mass is 357 g/mol. The van der Waals surface area contributed by atoms with Crippen LogP contribution in [0.5, 0.6) is 0 Å². The Balaban J connectivity index is 1.85. The van der Waals surface area contributed by atoms with E-state index in [1.165, 1.54) is 0 Å². The van der Waals surface area contributed by atoms with Gasteiger partial charge >= 0.3 is 146 Å². The second kappa shape index (κ2) is 5.07. The molecular weight excluding hydrogens is 337 g/mol. The van der Waals surface area contributed by atoms with Crippen LogP contribution in [-0.4, -0.2) is 18.2 Å². The number of hydrogen-bond acceptors (Lipinski definition) is 5. The molecule has 1 N–H and O–H groups in total. The number of carbonyl (C=O) groups excluding carboxylic acids is 1. The summed E-state index contributed by atoms with van der Waals surface area (Å²) >= 11 is 0. The average Bonchev–Trinajstić information content (AvgIpc) is 2.99. The van der Waals surface area contributed by atoms with Crippen LogP contribution < -0.4 is 5.09 Å². The van der Waals surface area contributed by atoms with E-state index in [9.17, 15) is 4.79 Å². The van der Waals surface area contributed by atoms with Gasteiger partial charge in [-0.3, -0.25) is 0 Å². The van der Waals surface area contributed by atoms with Crippen LogP contribution in [0.4, 0.5) is 0 Å². The molecule has 2 aliphatic heterocycles. The van der Waals surface area contributed by atoms with Crippen molar-refractivity contribution in [3.8, 4) is 0 Å². The summed E-state index contributed by atoms with van der Waals surface area (Å²) in [6, 6.07) is 19.4. The minimum absolute atomic E-state index is 0.380. The first-order valence-electron chi connectivity index (χ1n) is 8.11. The SMILES string of the molecule is CC1(C)NP2(C)(OC1=O)OC(c1ccccc1)=C(c1ccccc1)O2. The Morgan fingerprint density at radius 2 is 1.24 bits per heavy atom. The Hall–Kier alpha value is -2.36. The van der Waals surface area contributed by atoms with Crippen LogP contribution in [0.3, 0.4) is 0 Å². The normalized spacial score (nSPS) is 24.1. The second-order valence-electron chi connectivity index (χ2n) is 6.96. The molecule has 1 fully saturated rings. The number of hydrogen-bond donors (Lipinski definition) is 1. The number of rotatable bonds is 2. The zero-order valence-electron chi connectivity index (χ0n) is 14.4. The van der Waals surface area contributed by atoms with Gasteiger partial charge in [0.15, 0.2) is 0 Å². The van der Waals surface area contributed by atoms with Crippen LogP contribution in [0.25, 0.3) is 11.5 Å². The Morgan fingerprint density at radius 3 is 1.60 bits per heavy atom. The molecule has 0 aliphatic carbocycles. The molecule has 0 radical (unpaired) electrons. The van der Waals surface area contributed by atoms with Crippen molar-refractivity contribution in [2.75, 3.05) is 6.66 Å². The topological polar surface area (TPSA) is 56.8 Å². The Morgan fingerprint density at radius 1 is 0.800 bits per heavy atom. The summed E-state index contributed by atoms with van der Waals surface area (Å²) < 4.78 is 18.3. The molecule has 0 unspecified atom stereocenters. The van der Waals surface area contributed by atoms with E-state index in [2.05, 4.69) is 5.09 Å². The van der Waals surface area contributed by atoms with Crippen LogP contribution in [0, 0.1) is 0 Å². The van der Waals surface area contributed by atoms with Crippen LogP contribution in [0.15, 0.2) is 60.7 Å². The minimum atomic E-state index is -3.83. The molecule has 2 heterocycles. The van der Waals surface area contributed by atoms with Crippen LogP contribution >= 0.6 is 7.43 Å². The Kier molecular flexibility index (Phi) is 3.27. The van der Waals surface area contributed by atoms with E-state index in [1.54, 1.807) is 20.5 Å². The van der Waals surface area contributed by atoms with Crippen molar-refractivity contribution in [3.63, 3.8) is 0 Å². The zero-order chi connectivity index (χ0) is 17.7. The number of nitrogens with one attached hydrogen (secondary N) is 1. The predicted molar refractivity (Wildman–Crippen MR) is 98.0 cm³/mol. The fourth-order valence-electron chi connectivity index (χ4n) is 3.15. The van der Waals surface area contributed by atoms with Gasteiger partial charge in [-0.15, -0.1) is 0 Å². The first kappa shape index (κ1) is 16.1. The molecule has 2 aromatic rings. The first-order chi connectivity index (χ1) is 11.8. The molecule has 0 amide bonds. The maximum atomic E-state index is 12.3. The molecule has 130 valence electrons. The van der Waals surface area contributed by atoms with Gasteiger partial charge in [0.1, 0.15) is 0 Å². The van der Waals surface area contributed by atoms with Gasteiger partial charge in [-0.1, -0.05) is 0 Å². The van der Waals surface area contributed by atoms with Crippen molar-refractivity contribution in [2.24, 2.45) is 0 Å². The van der Waals surface area contributed by atoms with Crippen molar-refractivity contribution in [3.05, 3.63) is 71.8 Å².